The van der Waals surface area contributed by atoms with Crippen LogP contribution >= 0.6 is 0 Å². The predicted molar refractivity (Wildman–Crippen MR) is 81.4 cm³/mol. The van der Waals surface area contributed by atoms with Gasteiger partial charge in [0.25, 0.3) is 0 Å². The number of esters is 1. The Kier molecular flexibility index (Phi) is 5.17. The number of hydrogen-bond donors (Lipinski definition) is 1. The molecule has 0 spiro atoms. The highest BCUT2D eigenvalue weighted by Crippen LogP contribution is 2.28. The third-order valence-corrected chi connectivity index (χ3v) is 3.31. The quantitative estimate of drug-likeness (QED) is 0.830. The van der Waals surface area contributed by atoms with Gasteiger partial charge < -0.3 is 14.6 Å². The topological polar surface area (TPSA) is 55.8 Å². The molecule has 0 saturated carbocycles. The molecule has 0 bridgehead atoms. The number of phenolic OH excluding ortho intramolecular Hbond substituents is 1. The van der Waals surface area contributed by atoms with Crippen molar-refractivity contribution < 1.29 is 19.4 Å². The molecule has 0 heterocycles. The fraction of sp³-hybridized carbons (Fsp3) is 0.353. The molecule has 21 heavy (non-hydrogen) atoms. The Hall–Kier alpha value is -2.07. The summed E-state index contributed by atoms with van der Waals surface area (Å²) >= 11 is 0. The summed E-state index contributed by atoms with van der Waals surface area (Å²) in [6.07, 6.45) is -0.198. The van der Waals surface area contributed by atoms with Crippen LogP contribution in [0.1, 0.15) is 19.4 Å². The van der Waals surface area contributed by atoms with Crippen molar-refractivity contribution in [2.75, 3.05) is 13.2 Å². The number of ether oxygens (including phenoxy) is 2. The smallest absolute Gasteiger partial charge is 0.335 e. The third-order valence-electron chi connectivity index (χ3n) is 3.31. The molecule has 0 saturated heterocycles. The van der Waals surface area contributed by atoms with Crippen molar-refractivity contribution in [2.45, 2.75) is 26.4 Å². The summed E-state index contributed by atoms with van der Waals surface area (Å²) in [7, 11) is 0. The maximum absolute atomic E-state index is 11.9. The maximum Gasteiger partial charge on any atom is 0.335 e. The highest BCUT2D eigenvalue weighted by atomic mass is 16.6. The monoisotopic (exact) mass is 288 g/mol. The van der Waals surface area contributed by atoms with Gasteiger partial charge in [-0.25, -0.2) is 4.79 Å². The summed E-state index contributed by atoms with van der Waals surface area (Å²) in [4.78, 5) is 11.9. The molecular formula is C17H20O4. The first-order valence-corrected chi connectivity index (χ1v) is 7.15. The molecule has 0 aliphatic carbocycles. The van der Waals surface area contributed by atoms with Gasteiger partial charge in [0.2, 0.25) is 0 Å². The van der Waals surface area contributed by atoms with Crippen LogP contribution in [0.25, 0.3) is 10.8 Å². The Labute approximate surface area is 124 Å². The van der Waals surface area contributed by atoms with Gasteiger partial charge in [0.15, 0.2) is 6.10 Å². The Morgan fingerprint density at radius 2 is 1.81 bits per heavy atom. The van der Waals surface area contributed by atoms with E-state index in [-0.39, 0.29) is 11.7 Å². The van der Waals surface area contributed by atoms with E-state index >= 15 is 0 Å². The molecule has 2 aromatic rings. The Morgan fingerprint density at radius 1 is 1.10 bits per heavy atom. The van der Waals surface area contributed by atoms with E-state index in [1.165, 1.54) is 0 Å². The normalized spacial score (nSPS) is 12.3. The molecule has 0 aliphatic heterocycles. The second-order valence-corrected chi connectivity index (χ2v) is 4.69. The first-order chi connectivity index (χ1) is 10.2. The summed E-state index contributed by atoms with van der Waals surface area (Å²) in [5.74, 6) is -0.116. The van der Waals surface area contributed by atoms with Gasteiger partial charge in [-0.3, -0.25) is 0 Å². The summed E-state index contributed by atoms with van der Waals surface area (Å²) in [5.41, 5.74) is 0.954. The van der Waals surface area contributed by atoms with Crippen molar-refractivity contribution in [2.24, 2.45) is 0 Å². The van der Waals surface area contributed by atoms with Crippen LogP contribution in [-0.4, -0.2) is 30.4 Å². The van der Waals surface area contributed by atoms with Crippen LogP contribution in [0.4, 0.5) is 0 Å². The number of carbonyl (C=O) groups is 1. The van der Waals surface area contributed by atoms with Gasteiger partial charge in [-0.2, -0.15) is 0 Å². The second-order valence-electron chi connectivity index (χ2n) is 4.69. The minimum Gasteiger partial charge on any atom is -0.507 e. The average molecular weight is 288 g/mol. The molecule has 112 valence electrons. The van der Waals surface area contributed by atoms with Crippen LogP contribution in [0.5, 0.6) is 5.75 Å². The first kappa shape index (κ1) is 15.3. The van der Waals surface area contributed by atoms with Gasteiger partial charge >= 0.3 is 5.97 Å². The largest absolute Gasteiger partial charge is 0.507 e. The van der Waals surface area contributed by atoms with Gasteiger partial charge in [0, 0.05) is 18.4 Å². The minimum atomic E-state index is -0.622. The zero-order valence-corrected chi connectivity index (χ0v) is 12.3. The zero-order chi connectivity index (χ0) is 15.2. The fourth-order valence-corrected chi connectivity index (χ4v) is 2.37. The highest BCUT2D eigenvalue weighted by Gasteiger charge is 2.21. The van der Waals surface area contributed by atoms with Gasteiger partial charge in [-0.1, -0.05) is 30.3 Å². The van der Waals surface area contributed by atoms with Gasteiger partial charge in [-0.05, 0) is 30.9 Å². The van der Waals surface area contributed by atoms with E-state index < -0.39 is 6.10 Å². The van der Waals surface area contributed by atoms with E-state index in [9.17, 15) is 9.90 Å². The van der Waals surface area contributed by atoms with E-state index in [1.807, 2.05) is 37.3 Å². The maximum atomic E-state index is 11.9. The summed E-state index contributed by atoms with van der Waals surface area (Å²) in [6, 6.07) is 11.0. The number of aromatic hydroxyl groups is 1. The Balaban J connectivity index is 2.32. The van der Waals surface area contributed by atoms with Crippen molar-refractivity contribution in [1.29, 1.82) is 0 Å². The lowest BCUT2D eigenvalue weighted by atomic mass is 9.99. The Bertz CT molecular complexity index is 621. The van der Waals surface area contributed by atoms with Crippen LogP contribution in [0.3, 0.4) is 0 Å². The van der Waals surface area contributed by atoms with Crippen LogP contribution in [0, 0.1) is 0 Å². The number of fused-ring (bicyclic) bond motifs is 1. The Morgan fingerprint density at radius 3 is 2.48 bits per heavy atom. The zero-order valence-electron chi connectivity index (χ0n) is 12.3. The molecule has 0 fully saturated rings. The molecule has 2 rings (SSSR count). The number of benzene rings is 2. The van der Waals surface area contributed by atoms with Crippen LogP contribution in [0.15, 0.2) is 36.4 Å². The number of hydrogen-bond acceptors (Lipinski definition) is 4. The third kappa shape index (κ3) is 3.52. The first-order valence-electron chi connectivity index (χ1n) is 7.15. The van der Waals surface area contributed by atoms with Crippen LogP contribution in [0.2, 0.25) is 0 Å². The van der Waals surface area contributed by atoms with E-state index in [1.54, 1.807) is 13.0 Å². The number of carbonyl (C=O) groups excluding carboxylic acids is 1. The lowest BCUT2D eigenvalue weighted by Gasteiger charge is -2.17. The molecule has 1 atom stereocenters. The van der Waals surface area contributed by atoms with Crippen molar-refractivity contribution in [3.63, 3.8) is 0 Å². The second kappa shape index (κ2) is 7.09. The molecule has 4 nitrogen and oxygen atoms in total. The number of rotatable bonds is 6. The average Bonchev–Trinajstić information content (AvgIpc) is 2.50. The van der Waals surface area contributed by atoms with Gasteiger partial charge in [-0.15, -0.1) is 0 Å². The molecule has 0 radical (unpaired) electrons. The predicted octanol–water partition coefficient (Wildman–Crippen LogP) is 3.06. The molecule has 0 amide bonds. The molecule has 0 unspecified atom stereocenters. The lowest BCUT2D eigenvalue weighted by Crippen LogP contribution is -2.29. The summed E-state index contributed by atoms with van der Waals surface area (Å²) < 4.78 is 10.6. The lowest BCUT2D eigenvalue weighted by molar-refractivity contribution is -0.156. The molecule has 0 aliphatic rings. The van der Waals surface area contributed by atoms with Gasteiger partial charge in [0.1, 0.15) is 5.75 Å². The van der Waals surface area contributed by atoms with Crippen LogP contribution < -0.4 is 0 Å². The standard InChI is InChI=1S/C17H20O4/c1-3-20-16(17(19)21-4-2)11-12-9-10-15(18)14-8-6-5-7-13(12)14/h5-10,16,18H,3-4,11H2,1-2H3/t16-/m0/s1. The molecular weight excluding hydrogens is 268 g/mol. The van der Waals surface area contributed by atoms with Crippen molar-refractivity contribution in [3.8, 4) is 5.75 Å². The highest BCUT2D eigenvalue weighted by molar-refractivity contribution is 5.91. The van der Waals surface area contributed by atoms with Crippen molar-refractivity contribution >= 4 is 16.7 Å². The van der Waals surface area contributed by atoms with E-state index in [2.05, 4.69) is 0 Å². The number of phenols is 1. The summed E-state index contributed by atoms with van der Waals surface area (Å²) in [5, 5.41) is 11.6. The van der Waals surface area contributed by atoms with Gasteiger partial charge in [0.05, 0.1) is 6.61 Å². The van der Waals surface area contributed by atoms with E-state index in [0.29, 0.717) is 19.6 Å². The van der Waals surface area contributed by atoms with Crippen molar-refractivity contribution in [1.82, 2.24) is 0 Å². The van der Waals surface area contributed by atoms with E-state index in [0.717, 1.165) is 16.3 Å². The minimum absolute atomic E-state index is 0.235. The molecule has 0 aromatic heterocycles. The fourth-order valence-electron chi connectivity index (χ4n) is 2.37. The molecule has 4 heteroatoms. The molecule has 2 aromatic carbocycles. The van der Waals surface area contributed by atoms with Crippen molar-refractivity contribution in [3.05, 3.63) is 42.0 Å². The van der Waals surface area contributed by atoms with Crippen LogP contribution in [-0.2, 0) is 20.7 Å². The summed E-state index contributed by atoms with van der Waals surface area (Å²) in [6.45, 7) is 4.40. The molecule has 1 N–H and O–H groups in total. The van der Waals surface area contributed by atoms with E-state index in [4.69, 9.17) is 9.47 Å². The SMILES string of the molecule is CCOC(=O)[C@H](Cc1ccc(O)c2ccccc12)OCC.